The van der Waals surface area contributed by atoms with Gasteiger partial charge in [-0.1, -0.05) is 24.3 Å². The molecule has 3 fully saturated rings. The zero-order valence-electron chi connectivity index (χ0n) is 17.6. The summed E-state index contributed by atoms with van der Waals surface area (Å²) in [6.07, 6.45) is 2.84. The first-order valence-electron chi connectivity index (χ1n) is 10.3. The molecule has 1 N–H and O–H groups in total. The van der Waals surface area contributed by atoms with E-state index in [2.05, 4.69) is 55.3 Å². The van der Waals surface area contributed by atoms with Crippen molar-refractivity contribution in [3.63, 3.8) is 0 Å². The van der Waals surface area contributed by atoms with Gasteiger partial charge in [0.15, 0.2) is 0 Å². The largest absolute Gasteiger partial charge is 0.354 e. The lowest BCUT2D eigenvalue weighted by Crippen LogP contribution is -2.51. The molecule has 1 aromatic heterocycles. The number of amides is 1. The standard InChI is InChI=1S/C21H26BrN5OS.3ClH/c22-18-13-24-20(17-4-2-1-3-16(17)18)26-7-5-25(6-8-26)15-11-19(23-12-15)21(28)27-9-10-29-14-27;;;/h1-4,13,15,19,23H,5-12,14H2;3*1H/t15-,19-;;;/m0.../s1. The van der Waals surface area contributed by atoms with Crippen molar-refractivity contribution < 1.29 is 4.79 Å². The number of nitrogens with zero attached hydrogens (tertiary/aromatic N) is 4. The van der Waals surface area contributed by atoms with Crippen molar-refractivity contribution in [2.24, 2.45) is 0 Å². The molecule has 3 aliphatic rings. The maximum absolute atomic E-state index is 12.7. The van der Waals surface area contributed by atoms with Gasteiger partial charge in [-0.15, -0.1) is 49.0 Å². The first-order chi connectivity index (χ1) is 14.2. The second-order valence-electron chi connectivity index (χ2n) is 7.99. The van der Waals surface area contributed by atoms with E-state index in [0.717, 1.165) is 67.6 Å². The van der Waals surface area contributed by atoms with E-state index in [1.165, 1.54) is 10.8 Å². The number of anilines is 1. The number of benzene rings is 1. The first kappa shape index (κ1) is 27.8. The number of fused-ring (bicyclic) bond motifs is 1. The van der Waals surface area contributed by atoms with E-state index >= 15 is 0 Å². The van der Waals surface area contributed by atoms with Gasteiger partial charge in [0.1, 0.15) is 5.82 Å². The number of aromatic nitrogens is 1. The zero-order valence-corrected chi connectivity index (χ0v) is 22.5. The van der Waals surface area contributed by atoms with Crippen LogP contribution in [0.5, 0.6) is 0 Å². The number of carbonyl (C=O) groups is 1. The van der Waals surface area contributed by atoms with E-state index in [1.807, 2.05) is 22.9 Å². The molecule has 0 aliphatic carbocycles. The van der Waals surface area contributed by atoms with Gasteiger partial charge < -0.3 is 15.1 Å². The van der Waals surface area contributed by atoms with Gasteiger partial charge in [0.2, 0.25) is 5.91 Å². The molecule has 0 saturated carbocycles. The number of halogens is 4. The molecule has 1 amide bonds. The third-order valence-electron chi connectivity index (χ3n) is 6.33. The summed E-state index contributed by atoms with van der Waals surface area (Å²) in [5.41, 5.74) is 0. The van der Waals surface area contributed by atoms with Gasteiger partial charge in [0.25, 0.3) is 0 Å². The van der Waals surface area contributed by atoms with Crippen molar-refractivity contribution in [2.45, 2.75) is 18.5 Å². The van der Waals surface area contributed by atoms with Crippen molar-refractivity contribution >= 4 is 87.4 Å². The molecule has 11 heteroatoms. The van der Waals surface area contributed by atoms with Crippen LogP contribution < -0.4 is 10.2 Å². The quantitative estimate of drug-likeness (QED) is 0.594. The Morgan fingerprint density at radius 2 is 1.78 bits per heavy atom. The summed E-state index contributed by atoms with van der Waals surface area (Å²) >= 11 is 5.47. The van der Waals surface area contributed by atoms with E-state index in [-0.39, 0.29) is 43.3 Å². The fourth-order valence-electron chi connectivity index (χ4n) is 4.69. The number of thioether (sulfide) groups is 1. The van der Waals surface area contributed by atoms with Crippen LogP contribution in [0.3, 0.4) is 0 Å². The Morgan fingerprint density at radius 1 is 1.06 bits per heavy atom. The summed E-state index contributed by atoms with van der Waals surface area (Å²) in [5, 5.41) is 5.89. The normalized spacial score (nSPS) is 23.4. The molecule has 0 bridgehead atoms. The van der Waals surface area contributed by atoms with Gasteiger partial charge >= 0.3 is 0 Å². The molecule has 32 heavy (non-hydrogen) atoms. The van der Waals surface area contributed by atoms with Crippen LogP contribution in [0, 0.1) is 0 Å². The van der Waals surface area contributed by atoms with Gasteiger partial charge in [-0.05, 0) is 22.4 Å². The van der Waals surface area contributed by atoms with Gasteiger partial charge in [-0.25, -0.2) is 4.98 Å². The Labute approximate surface area is 220 Å². The molecule has 2 aromatic rings. The van der Waals surface area contributed by atoms with Crippen molar-refractivity contribution in [3.8, 4) is 0 Å². The molecular formula is C21H29BrCl3N5OS. The summed E-state index contributed by atoms with van der Waals surface area (Å²) in [6, 6.07) is 8.89. The zero-order chi connectivity index (χ0) is 19.8. The molecule has 3 aliphatic heterocycles. The number of nitrogens with one attached hydrogen (secondary N) is 1. The number of hydrogen-bond acceptors (Lipinski definition) is 6. The van der Waals surface area contributed by atoms with Crippen molar-refractivity contribution in [3.05, 3.63) is 34.9 Å². The number of rotatable bonds is 3. The van der Waals surface area contributed by atoms with Crippen LogP contribution in [0.25, 0.3) is 10.8 Å². The van der Waals surface area contributed by atoms with Gasteiger partial charge in [-0.2, -0.15) is 0 Å². The molecule has 0 radical (unpaired) electrons. The van der Waals surface area contributed by atoms with Crippen LogP contribution in [0.4, 0.5) is 5.82 Å². The minimum absolute atomic E-state index is 0. The van der Waals surface area contributed by atoms with Crippen molar-refractivity contribution in [2.75, 3.05) is 55.8 Å². The minimum atomic E-state index is -0.00573. The van der Waals surface area contributed by atoms with Crippen molar-refractivity contribution in [1.82, 2.24) is 20.1 Å². The fourth-order valence-corrected chi connectivity index (χ4v) is 6.09. The Kier molecular flexibility index (Phi) is 10.7. The van der Waals surface area contributed by atoms with E-state index in [1.54, 1.807) is 0 Å². The summed E-state index contributed by atoms with van der Waals surface area (Å²) in [6.45, 7) is 5.78. The third-order valence-corrected chi connectivity index (χ3v) is 7.92. The molecule has 1 aromatic carbocycles. The molecule has 0 unspecified atom stereocenters. The lowest BCUT2D eigenvalue weighted by Gasteiger charge is -2.38. The molecule has 0 spiro atoms. The SMILES string of the molecule is Cl.Cl.Cl.O=C([C@@H]1C[C@H](N2CCN(c3ncc(Br)c4ccccc34)CC2)CN1)N1CCSC1. The third kappa shape index (κ3) is 5.59. The minimum Gasteiger partial charge on any atom is -0.354 e. The number of pyridine rings is 1. The van der Waals surface area contributed by atoms with Gasteiger partial charge in [0.05, 0.1) is 11.9 Å². The molecule has 178 valence electrons. The van der Waals surface area contributed by atoms with Crippen LogP contribution >= 0.6 is 64.9 Å². The monoisotopic (exact) mass is 583 g/mol. The molecule has 3 saturated heterocycles. The Morgan fingerprint density at radius 3 is 2.47 bits per heavy atom. The molecule has 6 nitrogen and oxygen atoms in total. The van der Waals surface area contributed by atoms with Crippen LogP contribution in [-0.4, -0.2) is 83.7 Å². The predicted molar refractivity (Wildman–Crippen MR) is 144 cm³/mol. The van der Waals surface area contributed by atoms with Gasteiger partial charge in [-0.3, -0.25) is 9.69 Å². The first-order valence-corrected chi connectivity index (χ1v) is 12.3. The highest BCUT2D eigenvalue weighted by Gasteiger charge is 2.36. The summed E-state index contributed by atoms with van der Waals surface area (Å²) in [7, 11) is 0. The fraction of sp³-hybridized carbons (Fsp3) is 0.524. The number of carbonyl (C=O) groups excluding carboxylic acids is 1. The topological polar surface area (TPSA) is 51.7 Å². The molecule has 2 atom stereocenters. The van der Waals surface area contributed by atoms with E-state index in [0.29, 0.717) is 11.9 Å². The second-order valence-corrected chi connectivity index (χ2v) is 9.92. The highest BCUT2D eigenvalue weighted by molar-refractivity contribution is 9.10. The summed E-state index contributed by atoms with van der Waals surface area (Å²) < 4.78 is 1.04. The average molecular weight is 586 g/mol. The molecule has 5 rings (SSSR count). The van der Waals surface area contributed by atoms with E-state index in [9.17, 15) is 4.79 Å². The Balaban J connectivity index is 0.00000121. The van der Waals surface area contributed by atoms with E-state index in [4.69, 9.17) is 4.98 Å². The number of hydrogen-bond donors (Lipinski definition) is 1. The Hall–Kier alpha value is -0.480. The lowest BCUT2D eigenvalue weighted by molar-refractivity contribution is -0.131. The molecular weight excluding hydrogens is 557 g/mol. The van der Waals surface area contributed by atoms with Crippen LogP contribution in [0.1, 0.15) is 6.42 Å². The van der Waals surface area contributed by atoms with Gasteiger partial charge in [0, 0.05) is 72.5 Å². The average Bonchev–Trinajstić information content (AvgIpc) is 3.47. The maximum Gasteiger partial charge on any atom is 0.240 e. The molecule has 4 heterocycles. The van der Waals surface area contributed by atoms with E-state index < -0.39 is 0 Å². The smallest absolute Gasteiger partial charge is 0.240 e. The maximum atomic E-state index is 12.7. The lowest BCUT2D eigenvalue weighted by atomic mass is 10.1. The Bertz CT molecular complexity index is 912. The van der Waals surface area contributed by atoms with Crippen LogP contribution in [0.15, 0.2) is 34.9 Å². The predicted octanol–water partition coefficient (Wildman–Crippen LogP) is 3.65. The van der Waals surface area contributed by atoms with Crippen LogP contribution in [0.2, 0.25) is 0 Å². The summed E-state index contributed by atoms with van der Waals surface area (Å²) in [5.74, 6) is 3.30. The van der Waals surface area contributed by atoms with Crippen LogP contribution in [-0.2, 0) is 4.79 Å². The second kappa shape index (κ2) is 12.3. The highest BCUT2D eigenvalue weighted by atomic mass is 79.9. The highest BCUT2D eigenvalue weighted by Crippen LogP contribution is 2.31. The van der Waals surface area contributed by atoms with Crippen molar-refractivity contribution in [1.29, 1.82) is 0 Å². The number of piperazine rings is 1. The summed E-state index contributed by atoms with van der Waals surface area (Å²) in [4.78, 5) is 24.4.